The van der Waals surface area contributed by atoms with E-state index in [9.17, 15) is 18.4 Å². The van der Waals surface area contributed by atoms with Crippen molar-refractivity contribution in [2.24, 2.45) is 0 Å². The molecule has 0 aliphatic carbocycles. The molecule has 1 unspecified atom stereocenters. The number of carbonyl (C=O) groups excluding carboxylic acids is 1. The minimum Gasteiger partial charge on any atom is -0.491 e. The Labute approximate surface area is 177 Å². The highest BCUT2D eigenvalue weighted by molar-refractivity contribution is 5.84. The van der Waals surface area contributed by atoms with Crippen LogP contribution in [0.5, 0.6) is 5.75 Å². The summed E-state index contributed by atoms with van der Waals surface area (Å²) in [6.45, 7) is 0.129. The van der Waals surface area contributed by atoms with Gasteiger partial charge in [0.2, 0.25) is 5.91 Å². The lowest BCUT2D eigenvalue weighted by atomic mass is 9.97. The number of amides is 1. The van der Waals surface area contributed by atoms with Gasteiger partial charge in [-0.25, -0.2) is 8.78 Å². The fraction of sp³-hybridized carbons (Fsp3) is 0.217. The molecule has 1 N–H and O–H groups in total. The van der Waals surface area contributed by atoms with Crippen molar-refractivity contribution in [2.75, 3.05) is 13.7 Å². The predicted molar refractivity (Wildman–Crippen MR) is 109 cm³/mol. The number of rotatable bonds is 5. The topological polar surface area (TPSA) is 69.6 Å². The summed E-state index contributed by atoms with van der Waals surface area (Å²) in [6.07, 6.45) is 0.885. The maximum absolute atomic E-state index is 14.6. The number of nitrogens with one attached hydrogen (secondary N) is 1. The van der Waals surface area contributed by atoms with Crippen molar-refractivity contribution in [2.45, 2.75) is 18.2 Å². The molecule has 1 aliphatic rings. The van der Waals surface area contributed by atoms with Gasteiger partial charge < -0.3 is 14.8 Å². The second kappa shape index (κ2) is 8.69. The maximum atomic E-state index is 14.6. The summed E-state index contributed by atoms with van der Waals surface area (Å²) in [6, 6.07) is 12.6. The van der Waals surface area contributed by atoms with Crippen LogP contribution >= 0.6 is 0 Å². The number of ether oxygens (including phenoxy) is 2. The van der Waals surface area contributed by atoms with E-state index in [0.29, 0.717) is 11.8 Å². The largest absolute Gasteiger partial charge is 0.491 e. The molecule has 2 heterocycles. The summed E-state index contributed by atoms with van der Waals surface area (Å²) < 4.78 is 40.5. The van der Waals surface area contributed by atoms with Crippen molar-refractivity contribution in [3.63, 3.8) is 0 Å². The van der Waals surface area contributed by atoms with Gasteiger partial charge in [0.05, 0.1) is 6.04 Å². The van der Waals surface area contributed by atoms with E-state index in [1.807, 2.05) is 18.2 Å². The first-order valence-corrected chi connectivity index (χ1v) is 9.66. The van der Waals surface area contributed by atoms with Gasteiger partial charge in [0.15, 0.2) is 0 Å². The third-order valence-corrected chi connectivity index (χ3v) is 5.23. The zero-order chi connectivity index (χ0) is 22.0. The lowest BCUT2D eigenvalue weighted by Crippen LogP contribution is -2.49. The van der Waals surface area contributed by atoms with E-state index in [2.05, 4.69) is 5.32 Å². The molecule has 3 aromatic rings. The number of nitrogens with zero attached hydrogens (tertiary/aromatic N) is 1. The van der Waals surface area contributed by atoms with E-state index >= 15 is 0 Å². The monoisotopic (exact) mass is 426 g/mol. The number of benzene rings is 2. The van der Waals surface area contributed by atoms with E-state index in [1.54, 1.807) is 12.1 Å². The van der Waals surface area contributed by atoms with Crippen LogP contribution < -0.4 is 15.6 Å². The molecule has 8 heteroatoms. The van der Waals surface area contributed by atoms with Crippen molar-refractivity contribution >= 4 is 5.91 Å². The molecule has 1 aromatic heterocycles. The van der Waals surface area contributed by atoms with Crippen molar-refractivity contribution in [3.05, 3.63) is 100.0 Å². The molecule has 1 amide bonds. The minimum absolute atomic E-state index is 0.127. The van der Waals surface area contributed by atoms with Crippen LogP contribution in [0.2, 0.25) is 0 Å². The molecule has 0 saturated heterocycles. The Hall–Kier alpha value is -3.52. The molecule has 0 fully saturated rings. The average Bonchev–Trinajstić information content (AvgIpc) is 2.76. The fourth-order valence-electron chi connectivity index (χ4n) is 3.79. The average molecular weight is 426 g/mol. The highest BCUT2D eigenvalue weighted by Gasteiger charge is 2.35. The van der Waals surface area contributed by atoms with Crippen LogP contribution in [0.4, 0.5) is 8.78 Å². The summed E-state index contributed by atoms with van der Waals surface area (Å²) in [5.41, 5.74) is 0.140. The number of aromatic nitrogens is 1. The maximum Gasteiger partial charge on any atom is 0.251 e. The molecule has 4 rings (SSSR count). The smallest absolute Gasteiger partial charge is 0.251 e. The molecule has 0 saturated carbocycles. The predicted octanol–water partition coefficient (Wildman–Crippen LogP) is 2.98. The summed E-state index contributed by atoms with van der Waals surface area (Å²) in [7, 11) is 1.52. The lowest BCUT2D eigenvalue weighted by molar-refractivity contribution is -0.126. The van der Waals surface area contributed by atoms with E-state index in [-0.39, 0.29) is 12.2 Å². The molecule has 3 atom stereocenters. The van der Waals surface area contributed by atoms with Crippen molar-refractivity contribution in [1.29, 1.82) is 0 Å². The van der Waals surface area contributed by atoms with Gasteiger partial charge in [-0.3, -0.25) is 14.2 Å². The van der Waals surface area contributed by atoms with Gasteiger partial charge in [-0.1, -0.05) is 30.3 Å². The van der Waals surface area contributed by atoms with Crippen molar-refractivity contribution < 1.29 is 23.0 Å². The molecule has 2 aromatic carbocycles. The first kappa shape index (κ1) is 20.7. The first-order valence-electron chi connectivity index (χ1n) is 9.66. The normalized spacial score (nSPS) is 18.5. The highest BCUT2D eigenvalue weighted by Crippen LogP contribution is 2.34. The van der Waals surface area contributed by atoms with Gasteiger partial charge in [-0.15, -0.1) is 0 Å². The van der Waals surface area contributed by atoms with Gasteiger partial charge >= 0.3 is 0 Å². The molecule has 0 spiro atoms. The Morgan fingerprint density at radius 3 is 2.68 bits per heavy atom. The number of pyridine rings is 1. The summed E-state index contributed by atoms with van der Waals surface area (Å²) in [5.74, 6) is -1.70. The zero-order valence-electron chi connectivity index (χ0n) is 16.6. The second-order valence-corrected chi connectivity index (χ2v) is 7.13. The van der Waals surface area contributed by atoms with E-state index in [1.165, 1.54) is 25.4 Å². The molecule has 160 valence electrons. The number of hydrogen-bond acceptors (Lipinski definition) is 4. The molecule has 31 heavy (non-hydrogen) atoms. The van der Waals surface area contributed by atoms with Gasteiger partial charge in [0.1, 0.15) is 36.1 Å². The standard InChI is InChI=1S/C23H20F2N2O4/c1-30-22-16-6-2-3-7-19(16)31-13-18(22)26-23(29)21(27-11-5-4-8-20(27)28)15-10-9-14(24)12-17(15)25/h2-12,18,21-22H,13H2,1H3,(H,26,29)/t18-,21?,22-/m1/s1. The molecule has 6 nitrogen and oxygen atoms in total. The minimum atomic E-state index is -1.34. The number of methoxy groups -OCH3 is 1. The Bertz CT molecular complexity index is 1160. The molecule has 0 bridgehead atoms. The Balaban J connectivity index is 1.70. The molecular formula is C23H20F2N2O4. The van der Waals surface area contributed by atoms with Crippen LogP contribution in [0.3, 0.4) is 0 Å². The number of para-hydroxylation sites is 1. The second-order valence-electron chi connectivity index (χ2n) is 7.13. The highest BCUT2D eigenvalue weighted by atomic mass is 19.1. The van der Waals surface area contributed by atoms with Crippen LogP contribution in [0.15, 0.2) is 71.7 Å². The summed E-state index contributed by atoms with van der Waals surface area (Å²) >= 11 is 0. The molecule has 0 radical (unpaired) electrons. The first-order chi connectivity index (χ1) is 15.0. The Morgan fingerprint density at radius 2 is 1.94 bits per heavy atom. The van der Waals surface area contributed by atoms with E-state index in [0.717, 1.165) is 22.3 Å². The van der Waals surface area contributed by atoms with Gasteiger partial charge in [0.25, 0.3) is 5.56 Å². The summed E-state index contributed by atoms with van der Waals surface area (Å²) in [4.78, 5) is 25.8. The molecule has 1 aliphatic heterocycles. The van der Waals surface area contributed by atoms with Crippen LogP contribution in [-0.4, -0.2) is 30.2 Å². The quantitative estimate of drug-likeness (QED) is 0.681. The Morgan fingerprint density at radius 1 is 1.16 bits per heavy atom. The van der Waals surface area contributed by atoms with Crippen LogP contribution in [0.25, 0.3) is 0 Å². The number of carbonyl (C=O) groups is 1. The Kier molecular flexibility index (Phi) is 5.81. The van der Waals surface area contributed by atoms with Crippen LogP contribution in [0.1, 0.15) is 23.3 Å². The van der Waals surface area contributed by atoms with Gasteiger partial charge in [0, 0.05) is 36.6 Å². The van der Waals surface area contributed by atoms with Crippen LogP contribution in [0, 0.1) is 11.6 Å². The van der Waals surface area contributed by atoms with E-state index in [4.69, 9.17) is 9.47 Å². The van der Waals surface area contributed by atoms with Crippen molar-refractivity contribution in [3.8, 4) is 5.75 Å². The van der Waals surface area contributed by atoms with E-state index < -0.39 is 41.3 Å². The fourth-order valence-corrected chi connectivity index (χ4v) is 3.79. The van der Waals surface area contributed by atoms with Gasteiger partial charge in [-0.2, -0.15) is 0 Å². The van der Waals surface area contributed by atoms with Crippen molar-refractivity contribution in [1.82, 2.24) is 9.88 Å². The van der Waals surface area contributed by atoms with Crippen LogP contribution in [-0.2, 0) is 9.53 Å². The number of fused-ring (bicyclic) bond motifs is 1. The SMILES string of the molecule is CO[C@@H]1c2ccccc2OC[C@H]1NC(=O)C(c1ccc(F)cc1F)n1ccccc1=O. The third-order valence-electron chi connectivity index (χ3n) is 5.23. The lowest BCUT2D eigenvalue weighted by Gasteiger charge is -2.34. The zero-order valence-corrected chi connectivity index (χ0v) is 16.6. The third kappa shape index (κ3) is 4.06. The number of halogens is 2. The van der Waals surface area contributed by atoms with Gasteiger partial charge in [-0.05, 0) is 18.2 Å². The molecular weight excluding hydrogens is 406 g/mol. The number of hydrogen-bond donors (Lipinski definition) is 1. The summed E-state index contributed by atoms with van der Waals surface area (Å²) in [5, 5.41) is 2.82.